The molecule has 2 aromatic rings. The summed E-state index contributed by atoms with van der Waals surface area (Å²) in [6.07, 6.45) is -0.0195. The zero-order chi connectivity index (χ0) is 26.8. The molecule has 0 saturated carbocycles. The summed E-state index contributed by atoms with van der Waals surface area (Å²) in [6.45, 7) is 10.8. The molecular formula is C29H42N2O5. The zero-order valence-corrected chi connectivity index (χ0v) is 22.4. The molecule has 0 aromatic heterocycles. The smallest absolute Gasteiger partial charge is 0.407 e. The molecule has 0 unspecified atom stereocenters. The van der Waals surface area contributed by atoms with Gasteiger partial charge in [-0.2, -0.15) is 0 Å². The maximum Gasteiger partial charge on any atom is 0.407 e. The quantitative estimate of drug-likeness (QED) is 0.408. The molecule has 0 aliphatic rings. The minimum Gasteiger partial charge on any atom is -0.444 e. The lowest BCUT2D eigenvalue weighted by Gasteiger charge is -2.28. The van der Waals surface area contributed by atoms with Crippen LogP contribution < -0.4 is 10.6 Å². The maximum atomic E-state index is 12.5. The standard InChI is InChI=1S/C29H42N2O5/c1-28(2,3)35-26(33)30-23(19-21-13-9-7-10-14-21)17-18-25(32)24(20-22-15-11-8-12-16-22)31-27(34)36-29(4,5)6/h7-16,23-25,32H,17-20H2,1-6H3,(H,30,33)(H,31,34)/t23-,24+,25+/m1/s1. The number of aliphatic hydroxyl groups excluding tert-OH is 1. The number of hydrogen-bond acceptors (Lipinski definition) is 5. The van der Waals surface area contributed by atoms with Gasteiger partial charge in [-0.1, -0.05) is 60.7 Å². The van der Waals surface area contributed by atoms with Crippen LogP contribution in [0.3, 0.4) is 0 Å². The van der Waals surface area contributed by atoms with Crippen LogP contribution in [0.5, 0.6) is 0 Å². The Morgan fingerprint density at radius 1 is 0.722 bits per heavy atom. The number of amides is 2. The number of benzene rings is 2. The number of nitrogens with one attached hydrogen (secondary N) is 2. The van der Waals surface area contributed by atoms with Gasteiger partial charge in [0.15, 0.2) is 0 Å². The first-order chi connectivity index (χ1) is 16.8. The van der Waals surface area contributed by atoms with Crippen molar-refractivity contribution >= 4 is 12.2 Å². The first-order valence-electron chi connectivity index (χ1n) is 12.6. The van der Waals surface area contributed by atoms with E-state index in [1.54, 1.807) is 20.8 Å². The van der Waals surface area contributed by atoms with Crippen molar-refractivity contribution in [3.8, 4) is 0 Å². The van der Waals surface area contributed by atoms with Gasteiger partial charge < -0.3 is 25.2 Å². The molecular weight excluding hydrogens is 456 g/mol. The molecule has 7 heteroatoms. The molecule has 0 aliphatic carbocycles. The van der Waals surface area contributed by atoms with Gasteiger partial charge in [0.1, 0.15) is 11.2 Å². The van der Waals surface area contributed by atoms with Crippen molar-refractivity contribution in [2.75, 3.05) is 0 Å². The topological polar surface area (TPSA) is 96.9 Å². The summed E-state index contributed by atoms with van der Waals surface area (Å²) < 4.78 is 10.9. The third kappa shape index (κ3) is 12.1. The van der Waals surface area contributed by atoms with E-state index >= 15 is 0 Å². The van der Waals surface area contributed by atoms with Crippen molar-refractivity contribution in [3.63, 3.8) is 0 Å². The lowest BCUT2D eigenvalue weighted by Crippen LogP contribution is -2.47. The van der Waals surface area contributed by atoms with Crippen molar-refractivity contribution in [2.24, 2.45) is 0 Å². The zero-order valence-electron chi connectivity index (χ0n) is 22.4. The van der Waals surface area contributed by atoms with E-state index in [1.165, 1.54) is 0 Å². The second kappa shape index (κ2) is 13.3. The molecule has 0 aliphatic heterocycles. The minimum absolute atomic E-state index is 0.254. The lowest BCUT2D eigenvalue weighted by molar-refractivity contribution is 0.0404. The van der Waals surface area contributed by atoms with Crippen LogP contribution in [0.4, 0.5) is 9.59 Å². The molecule has 2 amide bonds. The van der Waals surface area contributed by atoms with Gasteiger partial charge in [-0.3, -0.25) is 0 Å². The number of ether oxygens (including phenoxy) is 2. The molecule has 0 saturated heterocycles. The Balaban J connectivity index is 2.11. The molecule has 0 fully saturated rings. The van der Waals surface area contributed by atoms with Crippen LogP contribution in [0.15, 0.2) is 60.7 Å². The molecule has 0 heterocycles. The monoisotopic (exact) mass is 498 g/mol. The van der Waals surface area contributed by atoms with Crippen molar-refractivity contribution in [2.45, 2.75) is 96.6 Å². The molecule has 0 bridgehead atoms. The summed E-state index contributed by atoms with van der Waals surface area (Å²) >= 11 is 0. The number of carbonyl (C=O) groups excluding carboxylic acids is 2. The molecule has 3 N–H and O–H groups in total. The molecule has 198 valence electrons. The summed E-state index contributed by atoms with van der Waals surface area (Å²) in [4.78, 5) is 25.0. The number of alkyl carbamates (subject to hydrolysis) is 2. The molecule has 0 spiro atoms. The van der Waals surface area contributed by atoms with Crippen LogP contribution in [-0.4, -0.2) is 46.7 Å². The number of hydrogen-bond donors (Lipinski definition) is 3. The third-order valence-electron chi connectivity index (χ3n) is 5.32. The van der Waals surface area contributed by atoms with Crippen molar-refractivity contribution in [1.29, 1.82) is 0 Å². The van der Waals surface area contributed by atoms with Crippen LogP contribution in [0.25, 0.3) is 0 Å². The van der Waals surface area contributed by atoms with Gasteiger partial charge >= 0.3 is 12.2 Å². The van der Waals surface area contributed by atoms with Crippen LogP contribution >= 0.6 is 0 Å². The summed E-state index contributed by atoms with van der Waals surface area (Å²) in [5.74, 6) is 0. The van der Waals surface area contributed by atoms with E-state index in [0.717, 1.165) is 11.1 Å². The first kappa shape index (κ1) is 29.2. The second-order valence-corrected chi connectivity index (χ2v) is 11.1. The van der Waals surface area contributed by atoms with E-state index in [2.05, 4.69) is 10.6 Å². The Morgan fingerprint density at radius 3 is 1.64 bits per heavy atom. The van der Waals surface area contributed by atoms with Gasteiger partial charge in [-0.05, 0) is 78.4 Å². The van der Waals surface area contributed by atoms with Crippen LogP contribution in [0.1, 0.15) is 65.5 Å². The summed E-state index contributed by atoms with van der Waals surface area (Å²) in [5, 5.41) is 16.9. The van der Waals surface area contributed by atoms with Gasteiger partial charge in [0, 0.05) is 6.04 Å². The summed E-state index contributed by atoms with van der Waals surface area (Å²) in [7, 11) is 0. The highest BCUT2D eigenvalue weighted by Crippen LogP contribution is 2.16. The van der Waals surface area contributed by atoms with Crippen molar-refractivity contribution < 1.29 is 24.2 Å². The van der Waals surface area contributed by atoms with Gasteiger partial charge in [0.05, 0.1) is 12.1 Å². The molecule has 7 nitrogen and oxygen atoms in total. The Kier molecular flexibility index (Phi) is 10.8. The van der Waals surface area contributed by atoms with Crippen molar-refractivity contribution in [3.05, 3.63) is 71.8 Å². The SMILES string of the molecule is CC(C)(C)OC(=O)N[C@H](CC[C@H](O)[C@H](Cc1ccccc1)NC(=O)OC(C)(C)C)Cc1ccccc1. The van der Waals surface area contributed by atoms with Crippen LogP contribution in [-0.2, 0) is 22.3 Å². The van der Waals surface area contributed by atoms with Crippen LogP contribution in [0, 0.1) is 0 Å². The Bertz CT molecular complexity index is 936. The summed E-state index contributed by atoms with van der Waals surface area (Å²) in [6, 6.07) is 18.7. The fourth-order valence-electron chi connectivity index (χ4n) is 3.78. The van der Waals surface area contributed by atoms with Gasteiger partial charge in [-0.25, -0.2) is 9.59 Å². The fourth-order valence-corrected chi connectivity index (χ4v) is 3.78. The summed E-state index contributed by atoms with van der Waals surface area (Å²) in [5.41, 5.74) is 0.801. The average Bonchev–Trinajstić information content (AvgIpc) is 2.75. The molecule has 2 rings (SSSR count). The number of carbonyl (C=O) groups is 2. The number of rotatable bonds is 10. The van der Waals surface area contributed by atoms with E-state index in [-0.39, 0.29) is 6.04 Å². The highest BCUT2D eigenvalue weighted by atomic mass is 16.6. The molecule has 2 aromatic carbocycles. The molecule has 0 radical (unpaired) electrons. The Hall–Kier alpha value is -3.06. The van der Waals surface area contributed by atoms with Gasteiger partial charge in [0.2, 0.25) is 0 Å². The first-order valence-corrected chi connectivity index (χ1v) is 12.6. The van der Waals surface area contributed by atoms with E-state index in [4.69, 9.17) is 9.47 Å². The predicted molar refractivity (Wildman–Crippen MR) is 142 cm³/mol. The fraction of sp³-hybridized carbons (Fsp3) is 0.517. The van der Waals surface area contributed by atoms with E-state index < -0.39 is 35.5 Å². The average molecular weight is 499 g/mol. The molecule has 3 atom stereocenters. The highest BCUT2D eigenvalue weighted by molar-refractivity contribution is 5.68. The molecule has 36 heavy (non-hydrogen) atoms. The van der Waals surface area contributed by atoms with Crippen molar-refractivity contribution in [1.82, 2.24) is 10.6 Å². The second-order valence-electron chi connectivity index (χ2n) is 11.1. The maximum absolute atomic E-state index is 12.5. The minimum atomic E-state index is -0.851. The van der Waals surface area contributed by atoms with E-state index in [0.29, 0.717) is 25.7 Å². The highest BCUT2D eigenvalue weighted by Gasteiger charge is 2.27. The normalized spacial score (nSPS) is 14.3. The number of aliphatic hydroxyl groups is 1. The Morgan fingerprint density at radius 2 is 1.17 bits per heavy atom. The van der Waals surface area contributed by atoms with Gasteiger partial charge in [-0.15, -0.1) is 0 Å². The van der Waals surface area contributed by atoms with E-state index in [9.17, 15) is 14.7 Å². The largest absolute Gasteiger partial charge is 0.444 e. The van der Waals surface area contributed by atoms with E-state index in [1.807, 2.05) is 81.4 Å². The van der Waals surface area contributed by atoms with Crippen LogP contribution in [0.2, 0.25) is 0 Å². The Labute approximate surface area is 215 Å². The third-order valence-corrected chi connectivity index (χ3v) is 5.32. The lowest BCUT2D eigenvalue weighted by atomic mass is 9.94. The van der Waals surface area contributed by atoms with Gasteiger partial charge in [0.25, 0.3) is 0 Å². The predicted octanol–water partition coefficient (Wildman–Crippen LogP) is 5.40.